The second kappa shape index (κ2) is 4.61. The van der Waals surface area contributed by atoms with Gasteiger partial charge in [-0.3, -0.25) is 0 Å². The SMILES string of the molecule is Cc1nc(N)nc2c1CCC(c1ccc(F)cc1)C2. The van der Waals surface area contributed by atoms with Gasteiger partial charge in [-0.2, -0.15) is 0 Å². The first-order valence-electron chi connectivity index (χ1n) is 6.51. The van der Waals surface area contributed by atoms with Crippen molar-refractivity contribution in [2.45, 2.75) is 32.1 Å². The number of rotatable bonds is 1. The molecular weight excluding hydrogens is 241 g/mol. The molecule has 3 nitrogen and oxygen atoms in total. The third-order valence-corrected chi connectivity index (χ3v) is 3.84. The Kier molecular flexibility index (Phi) is 2.93. The number of anilines is 1. The highest BCUT2D eigenvalue weighted by Crippen LogP contribution is 2.33. The van der Waals surface area contributed by atoms with E-state index >= 15 is 0 Å². The van der Waals surface area contributed by atoms with E-state index in [1.54, 1.807) is 0 Å². The van der Waals surface area contributed by atoms with Crippen molar-refractivity contribution in [1.82, 2.24) is 9.97 Å². The van der Waals surface area contributed by atoms with Gasteiger partial charge in [-0.1, -0.05) is 12.1 Å². The van der Waals surface area contributed by atoms with Crippen LogP contribution >= 0.6 is 0 Å². The minimum absolute atomic E-state index is 0.192. The molecular formula is C15H16FN3. The molecule has 98 valence electrons. The summed E-state index contributed by atoms with van der Waals surface area (Å²) in [5.41, 5.74) is 10.1. The van der Waals surface area contributed by atoms with E-state index in [1.807, 2.05) is 19.1 Å². The summed E-state index contributed by atoms with van der Waals surface area (Å²) in [4.78, 5) is 8.57. The van der Waals surface area contributed by atoms with Crippen LogP contribution in [0.3, 0.4) is 0 Å². The van der Waals surface area contributed by atoms with Crippen LogP contribution in [0, 0.1) is 12.7 Å². The van der Waals surface area contributed by atoms with Gasteiger partial charge in [0.1, 0.15) is 5.82 Å². The smallest absolute Gasteiger partial charge is 0.220 e. The number of halogens is 1. The average molecular weight is 257 g/mol. The predicted octanol–water partition coefficient (Wildman–Crippen LogP) is 2.78. The van der Waals surface area contributed by atoms with Crippen molar-refractivity contribution >= 4 is 5.95 Å². The first kappa shape index (κ1) is 12.1. The lowest BCUT2D eigenvalue weighted by atomic mass is 9.82. The fourth-order valence-corrected chi connectivity index (χ4v) is 2.85. The van der Waals surface area contributed by atoms with Crippen LogP contribution in [0.5, 0.6) is 0 Å². The van der Waals surface area contributed by atoms with Crippen molar-refractivity contribution in [3.8, 4) is 0 Å². The minimum atomic E-state index is -0.192. The molecule has 0 saturated heterocycles. The van der Waals surface area contributed by atoms with Crippen molar-refractivity contribution < 1.29 is 4.39 Å². The van der Waals surface area contributed by atoms with Gasteiger partial charge in [-0.15, -0.1) is 0 Å². The summed E-state index contributed by atoms with van der Waals surface area (Å²) >= 11 is 0. The summed E-state index contributed by atoms with van der Waals surface area (Å²) in [5, 5.41) is 0. The van der Waals surface area contributed by atoms with E-state index < -0.39 is 0 Å². The number of nitrogens with two attached hydrogens (primary N) is 1. The lowest BCUT2D eigenvalue weighted by Crippen LogP contribution is -2.17. The van der Waals surface area contributed by atoms with Gasteiger partial charge in [0.25, 0.3) is 0 Å². The zero-order chi connectivity index (χ0) is 13.4. The van der Waals surface area contributed by atoms with Crippen LogP contribution in [0.25, 0.3) is 0 Å². The Balaban J connectivity index is 1.91. The maximum Gasteiger partial charge on any atom is 0.220 e. The first-order chi connectivity index (χ1) is 9.13. The Hall–Kier alpha value is -1.97. The van der Waals surface area contributed by atoms with E-state index in [1.165, 1.54) is 23.3 Å². The summed E-state index contributed by atoms with van der Waals surface area (Å²) in [6.07, 6.45) is 2.87. The van der Waals surface area contributed by atoms with Crippen molar-refractivity contribution in [2.24, 2.45) is 0 Å². The van der Waals surface area contributed by atoms with Crippen molar-refractivity contribution in [3.05, 3.63) is 52.6 Å². The molecule has 0 spiro atoms. The summed E-state index contributed by atoms with van der Waals surface area (Å²) in [7, 11) is 0. The molecule has 0 radical (unpaired) electrons. The van der Waals surface area contributed by atoms with E-state index in [-0.39, 0.29) is 5.82 Å². The maximum absolute atomic E-state index is 13.0. The number of hydrogen-bond acceptors (Lipinski definition) is 3. The fourth-order valence-electron chi connectivity index (χ4n) is 2.85. The first-order valence-corrected chi connectivity index (χ1v) is 6.51. The van der Waals surface area contributed by atoms with E-state index in [4.69, 9.17) is 5.73 Å². The van der Waals surface area contributed by atoms with Gasteiger partial charge >= 0.3 is 0 Å². The van der Waals surface area contributed by atoms with E-state index in [0.717, 1.165) is 30.7 Å². The Labute approximate surface area is 111 Å². The zero-order valence-electron chi connectivity index (χ0n) is 10.9. The Morgan fingerprint density at radius 3 is 2.68 bits per heavy atom. The third kappa shape index (κ3) is 2.30. The number of nitrogen functional groups attached to an aromatic ring is 1. The Bertz CT molecular complexity index is 608. The number of aromatic nitrogens is 2. The molecule has 1 aromatic carbocycles. The summed E-state index contributed by atoms with van der Waals surface area (Å²) in [6.45, 7) is 1.98. The normalized spacial score (nSPS) is 18.1. The lowest BCUT2D eigenvalue weighted by molar-refractivity contribution is 0.565. The van der Waals surface area contributed by atoms with Gasteiger partial charge in [0.15, 0.2) is 0 Å². The van der Waals surface area contributed by atoms with Crippen LogP contribution in [0.15, 0.2) is 24.3 Å². The molecule has 1 aliphatic carbocycles. The molecule has 1 aliphatic rings. The van der Waals surface area contributed by atoms with E-state index in [2.05, 4.69) is 9.97 Å². The number of aryl methyl sites for hydroxylation is 1. The van der Waals surface area contributed by atoms with Gasteiger partial charge in [-0.05, 0) is 55.4 Å². The van der Waals surface area contributed by atoms with Crippen molar-refractivity contribution in [1.29, 1.82) is 0 Å². The van der Waals surface area contributed by atoms with E-state index in [0.29, 0.717) is 11.9 Å². The number of benzene rings is 1. The van der Waals surface area contributed by atoms with Crippen LogP contribution in [-0.4, -0.2) is 9.97 Å². The maximum atomic E-state index is 13.0. The van der Waals surface area contributed by atoms with Crippen LogP contribution in [0.1, 0.15) is 34.9 Å². The Morgan fingerprint density at radius 1 is 1.21 bits per heavy atom. The van der Waals surface area contributed by atoms with Crippen LogP contribution < -0.4 is 5.73 Å². The monoisotopic (exact) mass is 257 g/mol. The Morgan fingerprint density at radius 2 is 1.95 bits per heavy atom. The summed E-state index contributed by atoms with van der Waals surface area (Å²) in [6, 6.07) is 6.76. The van der Waals surface area contributed by atoms with Crippen LogP contribution in [0.2, 0.25) is 0 Å². The summed E-state index contributed by atoms with van der Waals surface area (Å²) < 4.78 is 13.0. The highest BCUT2D eigenvalue weighted by atomic mass is 19.1. The number of fused-ring (bicyclic) bond motifs is 1. The van der Waals surface area contributed by atoms with Gasteiger partial charge in [0.2, 0.25) is 5.95 Å². The van der Waals surface area contributed by atoms with Gasteiger partial charge in [0.05, 0.1) is 5.69 Å². The van der Waals surface area contributed by atoms with Gasteiger partial charge in [0, 0.05) is 5.69 Å². The lowest BCUT2D eigenvalue weighted by Gasteiger charge is -2.25. The minimum Gasteiger partial charge on any atom is -0.368 e. The summed E-state index contributed by atoms with van der Waals surface area (Å²) in [5.74, 6) is 0.542. The highest BCUT2D eigenvalue weighted by Gasteiger charge is 2.23. The molecule has 0 bridgehead atoms. The van der Waals surface area contributed by atoms with Crippen molar-refractivity contribution in [3.63, 3.8) is 0 Å². The molecule has 4 heteroatoms. The molecule has 1 aromatic heterocycles. The molecule has 0 saturated carbocycles. The molecule has 0 fully saturated rings. The number of hydrogen-bond donors (Lipinski definition) is 1. The standard InChI is InChI=1S/C15H16FN3/c1-9-13-7-4-11(8-14(13)19-15(17)18-9)10-2-5-12(16)6-3-10/h2-3,5-6,11H,4,7-8H2,1H3,(H2,17,18,19). The average Bonchev–Trinajstić information content (AvgIpc) is 2.38. The zero-order valence-corrected chi connectivity index (χ0v) is 10.9. The molecule has 0 aliphatic heterocycles. The molecule has 2 aromatic rings. The highest BCUT2D eigenvalue weighted by molar-refractivity contribution is 5.36. The van der Waals surface area contributed by atoms with Crippen LogP contribution in [0.4, 0.5) is 10.3 Å². The second-order valence-electron chi connectivity index (χ2n) is 5.08. The van der Waals surface area contributed by atoms with Gasteiger partial charge < -0.3 is 5.73 Å². The molecule has 1 heterocycles. The fraction of sp³-hybridized carbons (Fsp3) is 0.333. The van der Waals surface area contributed by atoms with Crippen LogP contribution in [-0.2, 0) is 12.8 Å². The largest absolute Gasteiger partial charge is 0.368 e. The molecule has 2 N–H and O–H groups in total. The van der Waals surface area contributed by atoms with Crippen molar-refractivity contribution in [2.75, 3.05) is 5.73 Å². The van der Waals surface area contributed by atoms with Gasteiger partial charge in [-0.25, -0.2) is 14.4 Å². The molecule has 0 amide bonds. The topological polar surface area (TPSA) is 51.8 Å². The molecule has 1 unspecified atom stereocenters. The van der Waals surface area contributed by atoms with E-state index in [9.17, 15) is 4.39 Å². The molecule has 1 atom stereocenters. The predicted molar refractivity (Wildman–Crippen MR) is 72.3 cm³/mol. The number of nitrogens with zero attached hydrogens (tertiary/aromatic N) is 2. The molecule has 19 heavy (non-hydrogen) atoms. The quantitative estimate of drug-likeness (QED) is 0.854. The molecule has 3 rings (SSSR count). The third-order valence-electron chi connectivity index (χ3n) is 3.84. The second-order valence-corrected chi connectivity index (χ2v) is 5.08.